The molecule has 0 heterocycles. The van der Waals surface area contributed by atoms with E-state index in [1.165, 1.54) is 18.2 Å². The minimum atomic E-state index is -0.468. The highest BCUT2D eigenvalue weighted by atomic mass is 35.5. The van der Waals surface area contributed by atoms with E-state index in [0.29, 0.717) is 5.02 Å². The largest absolute Gasteiger partial charge is 0.411 e. The van der Waals surface area contributed by atoms with E-state index in [4.69, 9.17) is 28.4 Å². The molecular formula is C8H5Cl2NO2. The van der Waals surface area contributed by atoms with Crippen LogP contribution in [0.2, 0.25) is 10.0 Å². The van der Waals surface area contributed by atoms with E-state index < -0.39 is 5.78 Å². The van der Waals surface area contributed by atoms with Crippen molar-refractivity contribution in [1.82, 2.24) is 0 Å². The summed E-state index contributed by atoms with van der Waals surface area (Å²) in [5.74, 6) is -0.468. The fraction of sp³-hybridized carbons (Fsp3) is 0. The van der Waals surface area contributed by atoms with Crippen LogP contribution >= 0.6 is 23.2 Å². The zero-order valence-corrected chi connectivity index (χ0v) is 7.88. The lowest BCUT2D eigenvalue weighted by Gasteiger charge is -1.98. The lowest BCUT2D eigenvalue weighted by molar-refractivity contribution is 0.106. The molecule has 0 radical (unpaired) electrons. The van der Waals surface area contributed by atoms with Gasteiger partial charge in [0.15, 0.2) is 0 Å². The second-order valence-electron chi connectivity index (χ2n) is 2.23. The minimum Gasteiger partial charge on any atom is -0.411 e. The Bertz CT molecular complexity index is 363. The van der Waals surface area contributed by atoms with Crippen molar-refractivity contribution < 1.29 is 10.0 Å². The second-order valence-corrected chi connectivity index (χ2v) is 3.08. The molecule has 0 atom stereocenters. The van der Waals surface area contributed by atoms with Crippen molar-refractivity contribution >= 4 is 35.2 Å². The molecule has 0 unspecified atom stereocenters. The third-order valence-electron chi connectivity index (χ3n) is 1.37. The third kappa shape index (κ3) is 2.44. The maximum atomic E-state index is 11.1. The highest BCUT2D eigenvalue weighted by Gasteiger charge is 2.07. The van der Waals surface area contributed by atoms with Crippen molar-refractivity contribution in [1.29, 1.82) is 0 Å². The molecule has 1 N–H and O–H groups in total. The Morgan fingerprint density at radius 1 is 1.46 bits per heavy atom. The van der Waals surface area contributed by atoms with Gasteiger partial charge in [-0.2, -0.15) is 0 Å². The summed E-state index contributed by atoms with van der Waals surface area (Å²) < 4.78 is 0. The number of halogens is 2. The average molecular weight is 218 g/mol. The number of benzene rings is 1. The monoisotopic (exact) mass is 217 g/mol. The summed E-state index contributed by atoms with van der Waals surface area (Å²) in [5, 5.41) is 11.4. The fourth-order valence-electron chi connectivity index (χ4n) is 0.811. The Labute approximate surface area is 84.6 Å². The summed E-state index contributed by atoms with van der Waals surface area (Å²) in [7, 11) is 0. The number of hydrogen-bond acceptors (Lipinski definition) is 3. The third-order valence-corrected chi connectivity index (χ3v) is 1.92. The summed E-state index contributed by atoms with van der Waals surface area (Å²) in [5.41, 5.74) is 0.254. The average Bonchev–Trinajstić information content (AvgIpc) is 2.04. The molecule has 0 amide bonds. The van der Waals surface area contributed by atoms with Gasteiger partial charge in [-0.3, -0.25) is 4.79 Å². The first-order valence-corrected chi connectivity index (χ1v) is 4.07. The standard InChI is InChI=1S/C8H5Cl2NO2/c9-5-1-2-6(7(10)3-5)8(12)4-11-13/h1-4,13H/b11-4+. The summed E-state index contributed by atoms with van der Waals surface area (Å²) in [4.78, 5) is 11.1. The van der Waals surface area contributed by atoms with Gasteiger partial charge in [-0.1, -0.05) is 28.4 Å². The van der Waals surface area contributed by atoms with Gasteiger partial charge in [-0.25, -0.2) is 0 Å². The lowest BCUT2D eigenvalue weighted by Crippen LogP contribution is -2.00. The molecule has 3 nitrogen and oxygen atoms in total. The van der Waals surface area contributed by atoms with E-state index in [-0.39, 0.29) is 10.6 Å². The first-order chi connectivity index (χ1) is 6.15. The molecule has 68 valence electrons. The zero-order valence-electron chi connectivity index (χ0n) is 6.37. The van der Waals surface area contributed by atoms with E-state index in [2.05, 4.69) is 5.16 Å². The normalized spacial score (nSPS) is 10.6. The van der Waals surface area contributed by atoms with E-state index in [1.54, 1.807) is 0 Å². The number of oxime groups is 1. The van der Waals surface area contributed by atoms with E-state index >= 15 is 0 Å². The molecule has 13 heavy (non-hydrogen) atoms. The van der Waals surface area contributed by atoms with Crippen molar-refractivity contribution in [3.05, 3.63) is 33.8 Å². The van der Waals surface area contributed by atoms with Crippen LogP contribution in [-0.4, -0.2) is 17.2 Å². The summed E-state index contributed by atoms with van der Waals surface area (Å²) in [6.45, 7) is 0. The molecule has 5 heteroatoms. The number of carbonyl (C=O) groups is 1. The Balaban J connectivity index is 3.09. The number of nitrogens with zero attached hydrogens (tertiary/aromatic N) is 1. The second kappa shape index (κ2) is 4.25. The van der Waals surface area contributed by atoms with E-state index in [0.717, 1.165) is 6.21 Å². The molecule has 1 rings (SSSR count). The molecule has 0 bridgehead atoms. The van der Waals surface area contributed by atoms with Gasteiger partial charge in [0.05, 0.1) is 5.02 Å². The minimum absolute atomic E-state index is 0.234. The number of rotatable bonds is 2. The number of hydrogen-bond donors (Lipinski definition) is 1. The first kappa shape index (κ1) is 10.0. The predicted molar refractivity (Wildman–Crippen MR) is 51.1 cm³/mol. The molecule has 0 saturated carbocycles. The summed E-state index contributed by atoms with van der Waals surface area (Å²) in [6.07, 6.45) is 0.773. The van der Waals surface area contributed by atoms with Gasteiger partial charge in [-0.15, -0.1) is 0 Å². The number of carbonyl (C=O) groups excluding carboxylic acids is 1. The molecular weight excluding hydrogens is 213 g/mol. The van der Waals surface area contributed by atoms with Gasteiger partial charge in [0, 0.05) is 10.6 Å². The molecule has 0 spiro atoms. The molecule has 0 fully saturated rings. The van der Waals surface area contributed by atoms with Crippen LogP contribution in [0, 0.1) is 0 Å². The van der Waals surface area contributed by atoms with Crippen molar-refractivity contribution in [3.8, 4) is 0 Å². The topological polar surface area (TPSA) is 49.7 Å². The Kier molecular flexibility index (Phi) is 3.28. The first-order valence-electron chi connectivity index (χ1n) is 3.32. The van der Waals surface area contributed by atoms with Gasteiger partial charge in [-0.05, 0) is 18.2 Å². The van der Waals surface area contributed by atoms with E-state index in [9.17, 15) is 4.79 Å². The van der Waals surface area contributed by atoms with E-state index in [1.807, 2.05) is 0 Å². The smallest absolute Gasteiger partial charge is 0.208 e. The summed E-state index contributed by atoms with van der Waals surface area (Å²) >= 11 is 11.3. The van der Waals surface area contributed by atoms with Crippen LogP contribution < -0.4 is 0 Å². The fourth-order valence-corrected chi connectivity index (χ4v) is 1.31. The SMILES string of the molecule is O=C(/C=N/O)c1ccc(Cl)cc1Cl. The van der Waals surface area contributed by atoms with Gasteiger partial charge in [0.2, 0.25) is 5.78 Å². The molecule has 1 aromatic rings. The highest BCUT2D eigenvalue weighted by Crippen LogP contribution is 2.20. The van der Waals surface area contributed by atoms with Gasteiger partial charge in [0.1, 0.15) is 6.21 Å². The van der Waals surface area contributed by atoms with Crippen LogP contribution in [0.15, 0.2) is 23.4 Å². The van der Waals surface area contributed by atoms with Gasteiger partial charge in [0.25, 0.3) is 0 Å². The highest BCUT2D eigenvalue weighted by molar-refractivity contribution is 6.43. The molecule has 0 aliphatic rings. The van der Waals surface area contributed by atoms with Crippen molar-refractivity contribution in [2.75, 3.05) is 0 Å². The van der Waals surface area contributed by atoms with Gasteiger partial charge >= 0.3 is 0 Å². The maximum Gasteiger partial charge on any atom is 0.208 e. The predicted octanol–water partition coefficient (Wildman–Crippen LogP) is 2.64. The van der Waals surface area contributed by atoms with Gasteiger partial charge < -0.3 is 5.21 Å². The lowest BCUT2D eigenvalue weighted by atomic mass is 10.1. The molecule has 0 aliphatic heterocycles. The Hall–Kier alpha value is -1.06. The number of Topliss-reactive ketones (excluding diaryl/α,β-unsaturated/α-hetero) is 1. The van der Waals surface area contributed by atoms with Crippen LogP contribution in [0.3, 0.4) is 0 Å². The molecule has 1 aromatic carbocycles. The zero-order chi connectivity index (χ0) is 9.84. The molecule has 0 saturated heterocycles. The van der Waals surface area contributed by atoms with Crippen LogP contribution in [-0.2, 0) is 0 Å². The van der Waals surface area contributed by atoms with Crippen LogP contribution in [0.5, 0.6) is 0 Å². The Morgan fingerprint density at radius 2 is 2.15 bits per heavy atom. The van der Waals surface area contributed by atoms with Crippen molar-refractivity contribution in [2.45, 2.75) is 0 Å². The van der Waals surface area contributed by atoms with Crippen LogP contribution in [0.4, 0.5) is 0 Å². The number of ketones is 1. The molecule has 0 aromatic heterocycles. The van der Waals surface area contributed by atoms with Crippen LogP contribution in [0.25, 0.3) is 0 Å². The molecule has 0 aliphatic carbocycles. The van der Waals surface area contributed by atoms with Crippen LogP contribution in [0.1, 0.15) is 10.4 Å². The Morgan fingerprint density at radius 3 is 2.69 bits per heavy atom. The van der Waals surface area contributed by atoms with Crippen molar-refractivity contribution in [3.63, 3.8) is 0 Å². The van der Waals surface area contributed by atoms with Crippen molar-refractivity contribution in [2.24, 2.45) is 5.16 Å². The quantitative estimate of drug-likeness (QED) is 0.359. The summed E-state index contributed by atoms with van der Waals surface area (Å²) in [6, 6.07) is 4.45. The maximum absolute atomic E-state index is 11.1.